The number of nitrogens with zero attached hydrogens (tertiary/aromatic N) is 1. The van der Waals surface area contributed by atoms with Crippen LogP contribution in [0.2, 0.25) is 0 Å². The summed E-state index contributed by atoms with van der Waals surface area (Å²) in [5.41, 5.74) is 5.76. The van der Waals surface area contributed by atoms with Gasteiger partial charge in [0.15, 0.2) is 0 Å². The molecule has 0 amide bonds. The van der Waals surface area contributed by atoms with E-state index in [1.807, 2.05) is 24.3 Å². The van der Waals surface area contributed by atoms with Crippen molar-refractivity contribution >= 4 is 0 Å². The Morgan fingerprint density at radius 1 is 1.14 bits per heavy atom. The highest BCUT2D eigenvalue weighted by Crippen LogP contribution is 2.18. The Kier molecular flexibility index (Phi) is 6.83. The zero-order valence-electron chi connectivity index (χ0n) is 13.1. The lowest BCUT2D eigenvalue weighted by Gasteiger charge is -2.31. The van der Waals surface area contributed by atoms with Gasteiger partial charge < -0.3 is 15.2 Å². The number of nitrogens with two attached hydrogens (primary N) is 1. The number of rotatable bonds is 8. The molecule has 0 aliphatic carbocycles. The van der Waals surface area contributed by atoms with Crippen LogP contribution in [0.25, 0.3) is 0 Å². The monoisotopic (exact) mass is 292 g/mol. The summed E-state index contributed by atoms with van der Waals surface area (Å²) in [6, 6.07) is 7.89. The van der Waals surface area contributed by atoms with E-state index >= 15 is 0 Å². The fourth-order valence-corrected chi connectivity index (χ4v) is 2.69. The molecule has 21 heavy (non-hydrogen) atoms. The van der Waals surface area contributed by atoms with Crippen LogP contribution in [0.4, 0.5) is 0 Å². The Balaban J connectivity index is 1.68. The Morgan fingerprint density at radius 2 is 1.81 bits per heavy atom. The highest BCUT2D eigenvalue weighted by atomic mass is 16.5. The SMILES string of the molecule is CCCOc1ccc(OCCN2CCCC(CN)C2)cc1. The van der Waals surface area contributed by atoms with E-state index in [4.69, 9.17) is 15.2 Å². The number of ether oxygens (including phenoxy) is 2. The van der Waals surface area contributed by atoms with E-state index in [0.29, 0.717) is 5.92 Å². The molecular weight excluding hydrogens is 264 g/mol. The van der Waals surface area contributed by atoms with Crippen LogP contribution < -0.4 is 15.2 Å². The molecule has 0 aromatic heterocycles. The molecule has 1 aromatic rings. The normalized spacial score (nSPS) is 19.4. The molecule has 0 radical (unpaired) electrons. The second-order valence-electron chi connectivity index (χ2n) is 5.71. The van der Waals surface area contributed by atoms with E-state index in [9.17, 15) is 0 Å². The summed E-state index contributed by atoms with van der Waals surface area (Å²) in [7, 11) is 0. The van der Waals surface area contributed by atoms with Gasteiger partial charge in [0.2, 0.25) is 0 Å². The van der Waals surface area contributed by atoms with Crippen molar-refractivity contribution in [2.24, 2.45) is 11.7 Å². The third-order valence-corrected chi connectivity index (χ3v) is 3.91. The standard InChI is InChI=1S/C17H28N2O2/c1-2-11-20-16-5-7-17(8-6-16)21-12-10-19-9-3-4-15(13-18)14-19/h5-8,15H,2-4,9-14,18H2,1H3. The van der Waals surface area contributed by atoms with Gasteiger partial charge in [0.05, 0.1) is 6.61 Å². The number of benzene rings is 1. The van der Waals surface area contributed by atoms with Crippen LogP contribution in [0.3, 0.4) is 0 Å². The number of hydrogen-bond acceptors (Lipinski definition) is 4. The summed E-state index contributed by atoms with van der Waals surface area (Å²) in [6.45, 7) is 7.66. The Bertz CT molecular complexity index is 394. The smallest absolute Gasteiger partial charge is 0.119 e. The highest BCUT2D eigenvalue weighted by Gasteiger charge is 2.18. The van der Waals surface area contributed by atoms with E-state index in [0.717, 1.165) is 50.8 Å². The van der Waals surface area contributed by atoms with Gasteiger partial charge in [0.25, 0.3) is 0 Å². The van der Waals surface area contributed by atoms with Gasteiger partial charge in [0, 0.05) is 13.1 Å². The molecule has 2 rings (SSSR count). The second kappa shape index (κ2) is 8.90. The van der Waals surface area contributed by atoms with Crippen LogP contribution in [0.1, 0.15) is 26.2 Å². The van der Waals surface area contributed by atoms with Gasteiger partial charge in [-0.1, -0.05) is 6.92 Å². The van der Waals surface area contributed by atoms with Crippen LogP contribution in [0, 0.1) is 5.92 Å². The molecule has 1 aliphatic rings. The molecule has 1 saturated heterocycles. The van der Waals surface area contributed by atoms with E-state index in [-0.39, 0.29) is 0 Å². The Labute approximate surface area is 128 Å². The summed E-state index contributed by atoms with van der Waals surface area (Å²) in [4.78, 5) is 2.46. The van der Waals surface area contributed by atoms with Crippen molar-refractivity contribution in [3.63, 3.8) is 0 Å². The zero-order valence-corrected chi connectivity index (χ0v) is 13.1. The molecule has 0 saturated carbocycles. The summed E-state index contributed by atoms with van der Waals surface area (Å²) in [5.74, 6) is 2.48. The summed E-state index contributed by atoms with van der Waals surface area (Å²) >= 11 is 0. The molecule has 1 atom stereocenters. The van der Waals surface area contributed by atoms with Crippen LogP contribution >= 0.6 is 0 Å². The predicted octanol–water partition coefficient (Wildman–Crippen LogP) is 2.52. The predicted molar refractivity (Wildman–Crippen MR) is 85.9 cm³/mol. The number of likely N-dealkylation sites (tertiary alicyclic amines) is 1. The molecule has 1 aliphatic heterocycles. The average Bonchev–Trinajstić information content (AvgIpc) is 2.54. The molecule has 4 nitrogen and oxygen atoms in total. The summed E-state index contributed by atoms with van der Waals surface area (Å²) in [5, 5.41) is 0. The minimum absolute atomic E-state index is 0.661. The minimum Gasteiger partial charge on any atom is -0.494 e. The molecule has 2 N–H and O–H groups in total. The first kappa shape index (κ1) is 16.1. The van der Waals surface area contributed by atoms with Crippen LogP contribution in [0.5, 0.6) is 11.5 Å². The molecule has 0 bridgehead atoms. The van der Waals surface area contributed by atoms with Crippen molar-refractivity contribution in [3.05, 3.63) is 24.3 Å². The lowest BCUT2D eigenvalue weighted by molar-refractivity contribution is 0.149. The van der Waals surface area contributed by atoms with Crippen molar-refractivity contribution < 1.29 is 9.47 Å². The largest absolute Gasteiger partial charge is 0.494 e. The first-order valence-corrected chi connectivity index (χ1v) is 8.10. The maximum atomic E-state index is 5.81. The molecular formula is C17H28N2O2. The van der Waals surface area contributed by atoms with Crippen LogP contribution in [-0.4, -0.2) is 44.3 Å². The van der Waals surface area contributed by atoms with E-state index < -0.39 is 0 Å². The Morgan fingerprint density at radius 3 is 2.43 bits per heavy atom. The minimum atomic E-state index is 0.661. The van der Waals surface area contributed by atoms with E-state index in [2.05, 4.69) is 11.8 Å². The lowest BCUT2D eigenvalue weighted by Crippen LogP contribution is -2.40. The van der Waals surface area contributed by atoms with Gasteiger partial charge in [-0.15, -0.1) is 0 Å². The van der Waals surface area contributed by atoms with Gasteiger partial charge >= 0.3 is 0 Å². The van der Waals surface area contributed by atoms with E-state index in [1.165, 1.54) is 19.4 Å². The average molecular weight is 292 g/mol. The summed E-state index contributed by atoms with van der Waals surface area (Å²) in [6.07, 6.45) is 3.55. The van der Waals surface area contributed by atoms with Crippen LogP contribution in [0.15, 0.2) is 24.3 Å². The van der Waals surface area contributed by atoms with Gasteiger partial charge in [-0.25, -0.2) is 0 Å². The maximum Gasteiger partial charge on any atom is 0.119 e. The first-order chi connectivity index (χ1) is 10.3. The second-order valence-corrected chi connectivity index (χ2v) is 5.71. The fraction of sp³-hybridized carbons (Fsp3) is 0.647. The topological polar surface area (TPSA) is 47.7 Å². The third-order valence-electron chi connectivity index (χ3n) is 3.91. The molecule has 0 spiro atoms. The summed E-state index contributed by atoms with van der Waals surface area (Å²) < 4.78 is 11.4. The third kappa shape index (κ3) is 5.56. The van der Waals surface area contributed by atoms with Gasteiger partial charge in [-0.3, -0.25) is 4.90 Å². The maximum absolute atomic E-state index is 5.81. The highest BCUT2D eigenvalue weighted by molar-refractivity contribution is 5.31. The molecule has 1 heterocycles. The first-order valence-electron chi connectivity index (χ1n) is 8.10. The lowest BCUT2D eigenvalue weighted by atomic mass is 9.98. The van der Waals surface area contributed by atoms with Crippen molar-refractivity contribution in [2.75, 3.05) is 39.4 Å². The fourth-order valence-electron chi connectivity index (χ4n) is 2.69. The molecule has 1 fully saturated rings. The molecule has 1 aromatic carbocycles. The Hall–Kier alpha value is -1.26. The van der Waals surface area contributed by atoms with Gasteiger partial charge in [0.1, 0.15) is 18.1 Å². The van der Waals surface area contributed by atoms with Crippen molar-refractivity contribution in [2.45, 2.75) is 26.2 Å². The van der Waals surface area contributed by atoms with Gasteiger partial charge in [-0.2, -0.15) is 0 Å². The molecule has 1 unspecified atom stereocenters. The number of piperidine rings is 1. The van der Waals surface area contributed by atoms with Crippen molar-refractivity contribution in [1.29, 1.82) is 0 Å². The van der Waals surface area contributed by atoms with E-state index in [1.54, 1.807) is 0 Å². The zero-order chi connectivity index (χ0) is 14.9. The van der Waals surface area contributed by atoms with Gasteiger partial charge in [-0.05, 0) is 62.5 Å². The molecule has 118 valence electrons. The number of hydrogen-bond donors (Lipinski definition) is 1. The van der Waals surface area contributed by atoms with Crippen molar-refractivity contribution in [1.82, 2.24) is 4.90 Å². The molecule has 4 heteroatoms. The van der Waals surface area contributed by atoms with Crippen LogP contribution in [-0.2, 0) is 0 Å². The quantitative estimate of drug-likeness (QED) is 0.800. The van der Waals surface area contributed by atoms with Crippen molar-refractivity contribution in [3.8, 4) is 11.5 Å².